The summed E-state index contributed by atoms with van der Waals surface area (Å²) in [5.41, 5.74) is 1.12. The molecule has 0 aliphatic carbocycles. The molecule has 104 valence electrons. The molecular weight excluding hydrogens is 282 g/mol. The van der Waals surface area contributed by atoms with Crippen molar-refractivity contribution in [3.05, 3.63) is 11.0 Å². The molecule has 4 nitrogen and oxygen atoms in total. The quantitative estimate of drug-likeness (QED) is 0.802. The van der Waals surface area contributed by atoms with E-state index in [1.165, 1.54) is 17.7 Å². The van der Waals surface area contributed by atoms with Crippen LogP contribution >= 0.6 is 23.4 Å². The molecule has 6 heteroatoms. The Labute approximate surface area is 122 Å². The summed E-state index contributed by atoms with van der Waals surface area (Å²) in [4.78, 5) is 12.4. The minimum absolute atomic E-state index is 0.380. The van der Waals surface area contributed by atoms with Gasteiger partial charge in [0.2, 0.25) is 5.28 Å². The summed E-state index contributed by atoms with van der Waals surface area (Å²) >= 11 is 7.92. The number of methoxy groups -OCH3 is 1. The number of thioether (sulfide) groups is 1. The van der Waals surface area contributed by atoms with E-state index in [-0.39, 0.29) is 0 Å². The third-order valence-electron chi connectivity index (χ3n) is 3.70. The van der Waals surface area contributed by atoms with Crippen molar-refractivity contribution < 1.29 is 4.74 Å². The monoisotopic (exact) mass is 299 g/mol. The van der Waals surface area contributed by atoms with Crippen molar-refractivity contribution in [3.8, 4) is 0 Å². The number of halogens is 1. The average Bonchev–Trinajstić information content (AvgIpc) is 2.86. The number of aryl methyl sites for hydroxylation is 1. The van der Waals surface area contributed by atoms with Crippen LogP contribution in [0.2, 0.25) is 5.28 Å². The third kappa shape index (κ3) is 2.83. The van der Waals surface area contributed by atoms with Crippen molar-refractivity contribution in [1.82, 2.24) is 9.97 Å². The van der Waals surface area contributed by atoms with Gasteiger partial charge in [-0.15, -0.1) is 11.8 Å². The molecule has 19 heavy (non-hydrogen) atoms. The summed E-state index contributed by atoms with van der Waals surface area (Å²) < 4.78 is 5.29. The molecule has 0 aromatic carbocycles. The molecule has 3 rings (SSSR count). The molecule has 0 amide bonds. The summed E-state index contributed by atoms with van der Waals surface area (Å²) in [6.45, 7) is 2.89. The van der Waals surface area contributed by atoms with Gasteiger partial charge in [-0.25, -0.2) is 4.98 Å². The third-order valence-corrected chi connectivity index (χ3v) is 4.98. The molecule has 0 saturated carbocycles. The maximum atomic E-state index is 6.06. The van der Waals surface area contributed by atoms with E-state index in [0.29, 0.717) is 11.2 Å². The summed E-state index contributed by atoms with van der Waals surface area (Å²) in [5, 5.41) is 0.380. The second-order valence-electron chi connectivity index (χ2n) is 5.10. The fraction of sp³-hybridized carbons (Fsp3) is 0.692. The van der Waals surface area contributed by atoms with Crippen molar-refractivity contribution in [2.75, 3.05) is 37.5 Å². The lowest BCUT2D eigenvalue weighted by Crippen LogP contribution is -2.38. The number of aromatic nitrogens is 2. The van der Waals surface area contributed by atoms with Gasteiger partial charge in [0.25, 0.3) is 0 Å². The predicted octanol–water partition coefficient (Wildman–Crippen LogP) is 2.64. The van der Waals surface area contributed by atoms with Gasteiger partial charge in [0.1, 0.15) is 5.82 Å². The fourth-order valence-electron chi connectivity index (χ4n) is 2.86. The lowest BCUT2D eigenvalue weighted by molar-refractivity contribution is 0.143. The molecule has 2 aliphatic rings. The Kier molecular flexibility index (Phi) is 4.15. The molecule has 0 N–H and O–H groups in total. The Morgan fingerprint density at radius 1 is 1.47 bits per heavy atom. The molecule has 0 spiro atoms. The molecule has 1 saturated heterocycles. The summed E-state index contributed by atoms with van der Waals surface area (Å²) in [6.07, 6.45) is 3.43. The van der Waals surface area contributed by atoms with Gasteiger partial charge in [-0.3, -0.25) is 0 Å². The number of hydrogen-bond acceptors (Lipinski definition) is 5. The van der Waals surface area contributed by atoms with Crippen LogP contribution in [0.3, 0.4) is 0 Å². The van der Waals surface area contributed by atoms with Crippen molar-refractivity contribution in [3.63, 3.8) is 0 Å². The van der Waals surface area contributed by atoms with Crippen LogP contribution in [0.15, 0.2) is 4.90 Å². The number of anilines is 1. The topological polar surface area (TPSA) is 38.2 Å². The zero-order chi connectivity index (χ0) is 13.2. The maximum absolute atomic E-state index is 6.06. The number of rotatable bonds is 3. The Hall–Kier alpha value is -0.520. The number of piperidine rings is 1. The minimum atomic E-state index is 0.380. The Bertz CT molecular complexity index is 469. The van der Waals surface area contributed by atoms with E-state index in [2.05, 4.69) is 14.9 Å². The summed E-state index contributed by atoms with van der Waals surface area (Å²) in [7, 11) is 1.77. The zero-order valence-electron chi connectivity index (χ0n) is 11.1. The highest BCUT2D eigenvalue weighted by atomic mass is 35.5. The van der Waals surface area contributed by atoms with E-state index in [1.54, 1.807) is 7.11 Å². The van der Waals surface area contributed by atoms with E-state index in [4.69, 9.17) is 16.3 Å². The van der Waals surface area contributed by atoms with Crippen LogP contribution in [0.25, 0.3) is 0 Å². The lowest BCUT2D eigenvalue weighted by Gasteiger charge is -2.34. The second-order valence-corrected chi connectivity index (χ2v) is 6.54. The molecule has 3 heterocycles. The highest BCUT2D eigenvalue weighted by Crippen LogP contribution is 2.39. The Balaban J connectivity index is 1.85. The predicted molar refractivity (Wildman–Crippen MR) is 78.3 cm³/mol. The van der Waals surface area contributed by atoms with Crippen LogP contribution < -0.4 is 4.90 Å². The average molecular weight is 300 g/mol. The number of hydrogen-bond donors (Lipinski definition) is 0. The van der Waals surface area contributed by atoms with Gasteiger partial charge in [0.15, 0.2) is 0 Å². The first-order chi connectivity index (χ1) is 9.28. The zero-order valence-corrected chi connectivity index (χ0v) is 12.6. The maximum Gasteiger partial charge on any atom is 0.224 e. The molecule has 1 atom stereocenters. The number of nitrogens with zero attached hydrogens (tertiary/aromatic N) is 3. The van der Waals surface area contributed by atoms with E-state index in [9.17, 15) is 0 Å². The van der Waals surface area contributed by atoms with Gasteiger partial charge in [-0.05, 0) is 30.4 Å². The fourth-order valence-corrected chi connectivity index (χ4v) is 4.16. The van der Waals surface area contributed by atoms with Crippen LogP contribution in [0, 0.1) is 5.92 Å². The lowest BCUT2D eigenvalue weighted by atomic mass is 9.99. The van der Waals surface area contributed by atoms with E-state index < -0.39 is 0 Å². The first kappa shape index (κ1) is 13.5. The first-order valence-electron chi connectivity index (χ1n) is 6.71. The molecule has 0 radical (unpaired) electrons. The van der Waals surface area contributed by atoms with E-state index in [0.717, 1.165) is 43.4 Å². The van der Waals surface area contributed by atoms with Gasteiger partial charge in [-0.2, -0.15) is 4.98 Å². The smallest absolute Gasteiger partial charge is 0.224 e. The Morgan fingerprint density at radius 3 is 3.21 bits per heavy atom. The van der Waals surface area contributed by atoms with Gasteiger partial charge in [0, 0.05) is 32.4 Å². The molecule has 0 bridgehead atoms. The number of fused-ring (bicyclic) bond motifs is 1. The van der Waals surface area contributed by atoms with Crippen molar-refractivity contribution in [2.45, 2.75) is 24.2 Å². The van der Waals surface area contributed by atoms with Crippen LogP contribution in [0.5, 0.6) is 0 Å². The normalized spacial score (nSPS) is 22.6. The van der Waals surface area contributed by atoms with E-state index in [1.807, 2.05) is 11.8 Å². The molecule has 1 aromatic rings. The molecule has 2 aliphatic heterocycles. The number of ether oxygens (including phenoxy) is 1. The summed E-state index contributed by atoms with van der Waals surface area (Å²) in [5.74, 6) is 2.72. The van der Waals surface area contributed by atoms with Crippen molar-refractivity contribution in [2.24, 2.45) is 5.92 Å². The highest BCUT2D eigenvalue weighted by molar-refractivity contribution is 7.99. The van der Waals surface area contributed by atoms with Crippen LogP contribution in [0.1, 0.15) is 18.5 Å². The van der Waals surface area contributed by atoms with Crippen molar-refractivity contribution >= 4 is 29.2 Å². The SMILES string of the molecule is COCC1CCCN(c2nc(Cl)nc3c2SCC3)C1. The second kappa shape index (κ2) is 5.85. The first-order valence-corrected chi connectivity index (χ1v) is 8.07. The minimum Gasteiger partial charge on any atom is -0.384 e. The molecule has 1 fully saturated rings. The van der Waals surface area contributed by atoms with Crippen LogP contribution in [-0.2, 0) is 11.2 Å². The Morgan fingerprint density at radius 2 is 2.37 bits per heavy atom. The highest BCUT2D eigenvalue weighted by Gasteiger charge is 2.27. The van der Waals surface area contributed by atoms with Gasteiger partial charge >= 0.3 is 0 Å². The van der Waals surface area contributed by atoms with Crippen LogP contribution in [0.4, 0.5) is 5.82 Å². The molecule has 1 aromatic heterocycles. The van der Waals surface area contributed by atoms with Gasteiger partial charge in [-0.1, -0.05) is 0 Å². The summed E-state index contributed by atoms with van der Waals surface area (Å²) in [6, 6.07) is 0. The van der Waals surface area contributed by atoms with Crippen LogP contribution in [-0.4, -0.2) is 42.5 Å². The van der Waals surface area contributed by atoms with Crippen molar-refractivity contribution in [1.29, 1.82) is 0 Å². The largest absolute Gasteiger partial charge is 0.384 e. The van der Waals surface area contributed by atoms with E-state index >= 15 is 0 Å². The molecule has 1 unspecified atom stereocenters. The van der Waals surface area contributed by atoms with Gasteiger partial charge in [0.05, 0.1) is 17.2 Å². The molecular formula is C13H18ClN3OS. The van der Waals surface area contributed by atoms with Gasteiger partial charge < -0.3 is 9.64 Å². The standard InChI is InChI=1S/C13H18ClN3OS/c1-18-8-9-3-2-5-17(7-9)12-11-10(4-6-19-11)15-13(14)16-12/h9H,2-8H2,1H3.